The Hall–Kier alpha value is -3.71. The van der Waals surface area contributed by atoms with Gasteiger partial charge in [0.05, 0.1) is 11.4 Å². The van der Waals surface area contributed by atoms with Crippen molar-refractivity contribution in [2.24, 2.45) is 5.92 Å². The van der Waals surface area contributed by atoms with Gasteiger partial charge in [-0.3, -0.25) is 14.2 Å². The Morgan fingerprint density at radius 3 is 2.30 bits per heavy atom. The van der Waals surface area contributed by atoms with Gasteiger partial charge >= 0.3 is 5.97 Å². The van der Waals surface area contributed by atoms with Crippen LogP contribution in [0.1, 0.15) is 84.6 Å². The van der Waals surface area contributed by atoms with Gasteiger partial charge in [-0.15, -0.1) is 0 Å². The average Bonchev–Trinajstić information content (AvgIpc) is 3.37. The Labute approximate surface area is 273 Å². The molecule has 0 spiro atoms. The molecular weight excluding hydrogens is 657 g/mol. The number of aromatic nitrogens is 1. The Kier molecular flexibility index (Phi) is 9.03. The van der Waals surface area contributed by atoms with Gasteiger partial charge in [0.25, 0.3) is 5.91 Å². The summed E-state index contributed by atoms with van der Waals surface area (Å²) < 4.78 is 8.85. The molecule has 0 amide bonds. The van der Waals surface area contributed by atoms with Crippen LogP contribution in [0.2, 0.25) is 0 Å². The lowest BCUT2D eigenvalue weighted by Gasteiger charge is -2.23. The lowest BCUT2D eigenvalue weighted by molar-refractivity contribution is -0.147. The number of rotatable bonds is 8. The molecule has 2 atom stereocenters. The van der Waals surface area contributed by atoms with Gasteiger partial charge in [-0.1, -0.05) is 87.5 Å². The largest absolute Gasteiger partial charge is 0.460 e. The summed E-state index contributed by atoms with van der Waals surface area (Å²) in [6.07, 6.45) is 3.42. The first kappa shape index (κ1) is 30.3. The molecule has 224 valence electrons. The van der Waals surface area contributed by atoms with E-state index in [2.05, 4.69) is 85.8 Å². The standard InChI is InChI=1S/C39H38INO3/c1-25(2)22-26(3)28-14-12-27(13-15-28)24-44-39(43)33-10-7-11-36-37(33)34-23-32(40)20-21-35(34)41(36)38(42)31-18-16-30(17-19-31)29-8-5-4-6-9-29/h4-6,8-9,12-21,23,25-26,33H,7,10-11,22,24H2,1-3H3. The first-order chi connectivity index (χ1) is 21.3. The molecule has 0 fully saturated rings. The van der Waals surface area contributed by atoms with Crippen LogP contribution in [0.5, 0.6) is 0 Å². The first-order valence-corrected chi connectivity index (χ1v) is 16.7. The molecule has 1 aliphatic rings. The van der Waals surface area contributed by atoms with E-state index in [1.54, 1.807) is 0 Å². The predicted octanol–water partition coefficient (Wildman–Crippen LogP) is 9.91. The maximum atomic E-state index is 14.1. The topological polar surface area (TPSA) is 48.3 Å². The van der Waals surface area contributed by atoms with Crippen LogP contribution in [-0.4, -0.2) is 16.4 Å². The molecule has 5 aromatic rings. The predicted molar refractivity (Wildman–Crippen MR) is 186 cm³/mol. The Morgan fingerprint density at radius 1 is 0.886 bits per heavy atom. The number of fused-ring (bicyclic) bond motifs is 3. The minimum atomic E-state index is -0.403. The fourth-order valence-electron chi connectivity index (χ4n) is 6.67. The monoisotopic (exact) mass is 695 g/mol. The highest BCUT2D eigenvalue weighted by atomic mass is 127. The minimum Gasteiger partial charge on any atom is -0.460 e. The lowest BCUT2D eigenvalue weighted by atomic mass is 9.85. The van der Waals surface area contributed by atoms with E-state index in [0.717, 1.165) is 61.7 Å². The van der Waals surface area contributed by atoms with Gasteiger partial charge < -0.3 is 4.74 Å². The van der Waals surface area contributed by atoms with Gasteiger partial charge in [-0.2, -0.15) is 0 Å². The molecule has 0 saturated carbocycles. The smallest absolute Gasteiger partial charge is 0.313 e. The normalized spacial score (nSPS) is 15.2. The number of nitrogens with zero attached hydrogens (tertiary/aromatic N) is 1. The highest BCUT2D eigenvalue weighted by Gasteiger charge is 2.34. The highest BCUT2D eigenvalue weighted by molar-refractivity contribution is 14.1. The van der Waals surface area contributed by atoms with E-state index in [-0.39, 0.29) is 18.5 Å². The zero-order chi connectivity index (χ0) is 30.8. The van der Waals surface area contributed by atoms with Crippen LogP contribution in [-0.2, 0) is 22.6 Å². The second-order valence-electron chi connectivity index (χ2n) is 12.4. The molecular formula is C39H38INO3. The fourth-order valence-corrected chi connectivity index (χ4v) is 7.16. The molecule has 6 rings (SSSR count). The molecule has 0 radical (unpaired) electrons. The molecule has 0 saturated heterocycles. The summed E-state index contributed by atoms with van der Waals surface area (Å²) in [6, 6.07) is 32.5. The lowest BCUT2D eigenvalue weighted by Crippen LogP contribution is -2.23. The maximum Gasteiger partial charge on any atom is 0.313 e. The molecule has 0 aliphatic heterocycles. The molecule has 4 aromatic carbocycles. The van der Waals surface area contributed by atoms with Gasteiger partial charge in [0, 0.05) is 20.2 Å². The third-order valence-corrected chi connectivity index (χ3v) is 9.48. The zero-order valence-electron chi connectivity index (χ0n) is 25.6. The van der Waals surface area contributed by atoms with Crippen molar-refractivity contribution < 1.29 is 14.3 Å². The first-order valence-electron chi connectivity index (χ1n) is 15.6. The van der Waals surface area contributed by atoms with Crippen molar-refractivity contribution in [3.05, 3.63) is 129 Å². The van der Waals surface area contributed by atoms with E-state index in [1.165, 1.54) is 5.56 Å². The van der Waals surface area contributed by atoms with E-state index in [0.29, 0.717) is 23.8 Å². The van der Waals surface area contributed by atoms with Gasteiger partial charge in [-0.25, -0.2) is 0 Å². The number of carbonyl (C=O) groups excluding carboxylic acids is 2. The fraction of sp³-hybridized carbons (Fsp3) is 0.282. The quantitative estimate of drug-likeness (QED) is 0.120. The summed E-state index contributed by atoms with van der Waals surface area (Å²) in [6.45, 7) is 7.00. The summed E-state index contributed by atoms with van der Waals surface area (Å²) in [4.78, 5) is 27.8. The van der Waals surface area contributed by atoms with Crippen molar-refractivity contribution in [3.8, 4) is 11.1 Å². The summed E-state index contributed by atoms with van der Waals surface area (Å²) in [5, 5.41) is 0.964. The third kappa shape index (κ3) is 6.25. The van der Waals surface area contributed by atoms with Crippen molar-refractivity contribution in [1.82, 2.24) is 4.57 Å². The van der Waals surface area contributed by atoms with Crippen molar-refractivity contribution in [2.75, 3.05) is 0 Å². The second kappa shape index (κ2) is 13.1. The van der Waals surface area contributed by atoms with E-state index < -0.39 is 5.92 Å². The molecule has 5 heteroatoms. The molecule has 2 unspecified atom stereocenters. The molecule has 1 aromatic heterocycles. The SMILES string of the molecule is CC(C)CC(C)c1ccc(COC(=O)C2CCCc3c2c2cc(I)ccc2n3C(=O)c2ccc(-c3ccccc3)cc2)cc1. The molecule has 0 N–H and O–H groups in total. The van der Waals surface area contributed by atoms with Crippen LogP contribution in [0.25, 0.3) is 22.0 Å². The van der Waals surface area contributed by atoms with Crippen molar-refractivity contribution in [3.63, 3.8) is 0 Å². The van der Waals surface area contributed by atoms with Gasteiger partial charge in [0.15, 0.2) is 0 Å². The van der Waals surface area contributed by atoms with Crippen molar-refractivity contribution >= 4 is 45.4 Å². The highest BCUT2D eigenvalue weighted by Crippen LogP contribution is 2.41. The molecule has 1 aliphatic carbocycles. The summed E-state index contributed by atoms with van der Waals surface area (Å²) in [7, 11) is 0. The number of carbonyl (C=O) groups is 2. The summed E-state index contributed by atoms with van der Waals surface area (Å²) in [5.74, 6) is 0.450. The second-order valence-corrected chi connectivity index (χ2v) is 13.7. The number of ether oxygens (including phenoxy) is 1. The number of hydrogen-bond donors (Lipinski definition) is 0. The summed E-state index contributed by atoms with van der Waals surface area (Å²) >= 11 is 2.30. The molecule has 0 bridgehead atoms. The molecule has 1 heterocycles. The maximum absolute atomic E-state index is 14.1. The van der Waals surface area contributed by atoms with Crippen LogP contribution in [0.15, 0.2) is 97.1 Å². The van der Waals surface area contributed by atoms with Gasteiger partial charge in [-0.05, 0) is 118 Å². The molecule has 4 nitrogen and oxygen atoms in total. The van der Waals surface area contributed by atoms with Crippen LogP contribution >= 0.6 is 22.6 Å². The Bertz CT molecular complexity index is 1790. The van der Waals surface area contributed by atoms with E-state index >= 15 is 0 Å². The van der Waals surface area contributed by atoms with Crippen LogP contribution in [0, 0.1) is 9.49 Å². The average molecular weight is 696 g/mol. The van der Waals surface area contributed by atoms with E-state index in [1.807, 2.05) is 59.2 Å². The number of hydrogen-bond acceptors (Lipinski definition) is 3. The van der Waals surface area contributed by atoms with Crippen LogP contribution in [0.3, 0.4) is 0 Å². The minimum absolute atomic E-state index is 0.0714. The Morgan fingerprint density at radius 2 is 1.59 bits per heavy atom. The van der Waals surface area contributed by atoms with Gasteiger partial charge in [0.2, 0.25) is 0 Å². The Balaban J connectivity index is 1.27. The summed E-state index contributed by atoms with van der Waals surface area (Å²) in [5.41, 5.74) is 7.82. The van der Waals surface area contributed by atoms with Crippen molar-refractivity contribution in [2.45, 2.75) is 64.9 Å². The zero-order valence-corrected chi connectivity index (χ0v) is 27.7. The number of benzene rings is 4. The van der Waals surface area contributed by atoms with Crippen LogP contribution < -0.4 is 0 Å². The van der Waals surface area contributed by atoms with Crippen LogP contribution in [0.4, 0.5) is 0 Å². The van der Waals surface area contributed by atoms with Crippen molar-refractivity contribution in [1.29, 1.82) is 0 Å². The van der Waals surface area contributed by atoms with E-state index in [9.17, 15) is 9.59 Å². The number of halogens is 1. The number of esters is 1. The van der Waals surface area contributed by atoms with Gasteiger partial charge in [0.1, 0.15) is 6.61 Å². The van der Waals surface area contributed by atoms with E-state index in [4.69, 9.17) is 4.74 Å². The third-order valence-electron chi connectivity index (χ3n) is 8.81. The molecule has 44 heavy (non-hydrogen) atoms.